The van der Waals surface area contributed by atoms with Crippen LogP contribution in [0.25, 0.3) is 0 Å². The first kappa shape index (κ1) is 24.5. The lowest BCUT2D eigenvalue weighted by Crippen LogP contribution is -2.62. The highest BCUT2D eigenvalue weighted by Gasteiger charge is 2.67. The van der Waals surface area contributed by atoms with E-state index in [0.29, 0.717) is 37.3 Å². The second kappa shape index (κ2) is 8.59. The van der Waals surface area contributed by atoms with Gasteiger partial charge in [0.15, 0.2) is 0 Å². The zero-order valence-electron chi connectivity index (χ0n) is 21.7. The second-order valence-corrected chi connectivity index (χ2v) is 13.2. The van der Waals surface area contributed by atoms with Crippen LogP contribution in [0.4, 0.5) is 4.79 Å². The maximum atomic E-state index is 12.7. The third kappa shape index (κ3) is 3.59. The summed E-state index contributed by atoms with van der Waals surface area (Å²) >= 11 is 0. The number of aliphatic hydroxyl groups excluding tert-OH is 1. The number of amides is 2. The third-order valence-electron chi connectivity index (χ3n) is 11.8. The third-order valence-corrected chi connectivity index (χ3v) is 11.8. The Labute approximate surface area is 213 Å². The monoisotopic (exact) mass is 498 g/mol. The van der Waals surface area contributed by atoms with Crippen molar-refractivity contribution in [1.82, 2.24) is 10.2 Å². The first-order valence-electron chi connectivity index (χ1n) is 14.2. The Morgan fingerprint density at radius 2 is 1.89 bits per heavy atom. The van der Waals surface area contributed by atoms with E-state index in [2.05, 4.69) is 19.2 Å². The van der Waals surface area contributed by atoms with Crippen molar-refractivity contribution >= 4 is 6.03 Å². The number of β-amino-alcohol motifs (C(OH)–C–C–N with tert-alkyl or cyclic N) is 1. The number of urea groups is 1. The minimum absolute atomic E-state index is 0.0228. The molecule has 7 nitrogen and oxygen atoms in total. The number of aliphatic hydroxyl groups is 2. The number of carbonyl (C=O) groups is 1. The fourth-order valence-electron chi connectivity index (χ4n) is 9.65. The second-order valence-electron chi connectivity index (χ2n) is 13.2. The van der Waals surface area contributed by atoms with E-state index in [1.807, 2.05) is 6.07 Å². The van der Waals surface area contributed by atoms with Crippen LogP contribution in [0.1, 0.15) is 89.5 Å². The van der Waals surface area contributed by atoms with E-state index in [-0.39, 0.29) is 40.6 Å². The molecular formula is C29H42N2O5. The molecule has 0 unspecified atom stereocenters. The van der Waals surface area contributed by atoms with Gasteiger partial charge in [-0.25, -0.2) is 9.59 Å². The Morgan fingerprint density at radius 3 is 2.61 bits per heavy atom. The van der Waals surface area contributed by atoms with Crippen LogP contribution in [0, 0.1) is 28.6 Å². The highest BCUT2D eigenvalue weighted by Crippen LogP contribution is 2.70. The van der Waals surface area contributed by atoms with E-state index in [9.17, 15) is 19.8 Å². The summed E-state index contributed by atoms with van der Waals surface area (Å²) in [6.45, 7) is 5.82. The summed E-state index contributed by atoms with van der Waals surface area (Å²) in [4.78, 5) is 26.0. The molecule has 1 aromatic heterocycles. The highest BCUT2D eigenvalue weighted by molar-refractivity contribution is 5.74. The minimum Gasteiger partial charge on any atom is -0.431 e. The fourth-order valence-corrected chi connectivity index (χ4v) is 9.65. The molecule has 1 aromatic rings. The van der Waals surface area contributed by atoms with E-state index in [0.717, 1.165) is 63.4 Å². The normalized spacial score (nSPS) is 46.1. The molecule has 5 aliphatic rings. The zero-order chi connectivity index (χ0) is 25.3. The van der Waals surface area contributed by atoms with E-state index >= 15 is 0 Å². The molecular weight excluding hydrogens is 456 g/mol. The molecule has 198 valence electrons. The van der Waals surface area contributed by atoms with Crippen LogP contribution in [0.5, 0.6) is 0 Å². The van der Waals surface area contributed by atoms with Crippen molar-refractivity contribution in [2.24, 2.45) is 28.6 Å². The smallest absolute Gasteiger partial charge is 0.335 e. The van der Waals surface area contributed by atoms with Crippen LogP contribution >= 0.6 is 0 Å². The van der Waals surface area contributed by atoms with Gasteiger partial charge in [-0.05, 0) is 105 Å². The van der Waals surface area contributed by atoms with Gasteiger partial charge < -0.3 is 24.8 Å². The predicted molar refractivity (Wildman–Crippen MR) is 135 cm³/mol. The Hall–Kier alpha value is -1.86. The van der Waals surface area contributed by atoms with E-state index < -0.39 is 5.60 Å². The first-order valence-corrected chi connectivity index (χ1v) is 14.2. The van der Waals surface area contributed by atoms with Gasteiger partial charge in [0.1, 0.15) is 0 Å². The van der Waals surface area contributed by atoms with Crippen molar-refractivity contribution in [2.75, 3.05) is 13.1 Å². The standard InChI is InChI=1S/C29H42N2O5/c1-27-11-7-20(30-26(34)31-14-10-21(32)16-31)15-19(27)4-5-24-23(27)8-12-28(2)22(9-13-29(24,28)35)18-3-6-25(33)36-17-18/h3,6,17,19-24,32,35H,4-5,7-16H2,1-2H3,(H,30,34)/t19-,20+,21+,22-,23+,24-,27+,28-,29+/m1/s1. The van der Waals surface area contributed by atoms with Gasteiger partial charge in [0.2, 0.25) is 0 Å². The lowest BCUT2D eigenvalue weighted by Gasteiger charge is -2.63. The molecule has 1 saturated heterocycles. The summed E-state index contributed by atoms with van der Waals surface area (Å²) in [5.74, 6) is 1.59. The summed E-state index contributed by atoms with van der Waals surface area (Å²) in [5, 5.41) is 25.5. The lowest BCUT2D eigenvalue weighted by molar-refractivity contribution is -0.201. The van der Waals surface area contributed by atoms with Crippen LogP contribution in [0.15, 0.2) is 27.6 Å². The van der Waals surface area contributed by atoms with Crippen molar-refractivity contribution in [3.8, 4) is 0 Å². The molecule has 0 bridgehead atoms. The number of hydrogen-bond donors (Lipinski definition) is 3. The van der Waals surface area contributed by atoms with Gasteiger partial charge in [-0.3, -0.25) is 0 Å². The van der Waals surface area contributed by atoms with Gasteiger partial charge in [-0.2, -0.15) is 0 Å². The van der Waals surface area contributed by atoms with Gasteiger partial charge in [-0.15, -0.1) is 0 Å². The van der Waals surface area contributed by atoms with Gasteiger partial charge >= 0.3 is 11.7 Å². The molecule has 3 N–H and O–H groups in total. The topological polar surface area (TPSA) is 103 Å². The fraction of sp³-hybridized carbons (Fsp3) is 0.793. The molecule has 6 rings (SSSR count). The molecule has 2 amide bonds. The molecule has 9 atom stereocenters. The van der Waals surface area contributed by atoms with Gasteiger partial charge in [0, 0.05) is 30.6 Å². The first-order chi connectivity index (χ1) is 17.1. The van der Waals surface area contributed by atoms with Crippen molar-refractivity contribution in [2.45, 2.75) is 102 Å². The van der Waals surface area contributed by atoms with Crippen LogP contribution in [-0.2, 0) is 0 Å². The number of nitrogens with one attached hydrogen (secondary N) is 1. The van der Waals surface area contributed by atoms with Crippen molar-refractivity contribution in [3.63, 3.8) is 0 Å². The molecule has 1 aliphatic heterocycles. The van der Waals surface area contributed by atoms with E-state index in [1.165, 1.54) is 6.07 Å². The molecule has 0 radical (unpaired) electrons. The Kier molecular flexibility index (Phi) is 5.84. The summed E-state index contributed by atoms with van der Waals surface area (Å²) in [5.41, 5.74) is 0.0303. The predicted octanol–water partition coefficient (Wildman–Crippen LogP) is 4.03. The van der Waals surface area contributed by atoms with Crippen molar-refractivity contribution < 1.29 is 19.4 Å². The SMILES string of the molecule is C[C@]12CC[C@H](NC(=O)N3CC[C@H](O)C3)C[C@H]1CC[C@@H]1[C@@H]2CC[C@]2(C)[C@@H](c3ccc(=O)oc3)CC[C@]12O. The van der Waals surface area contributed by atoms with Crippen LogP contribution in [0.2, 0.25) is 0 Å². The molecule has 4 aliphatic carbocycles. The lowest BCUT2D eigenvalue weighted by atomic mass is 9.43. The number of rotatable bonds is 2. The maximum Gasteiger partial charge on any atom is 0.335 e. The van der Waals surface area contributed by atoms with Gasteiger partial charge in [0.05, 0.1) is 18.0 Å². The molecule has 2 heterocycles. The molecule has 7 heteroatoms. The average molecular weight is 499 g/mol. The molecule has 0 aromatic carbocycles. The van der Waals surface area contributed by atoms with Crippen molar-refractivity contribution in [1.29, 1.82) is 0 Å². The zero-order valence-corrected chi connectivity index (χ0v) is 21.7. The number of likely N-dealkylation sites (tertiary alicyclic amines) is 1. The maximum absolute atomic E-state index is 12.7. The van der Waals surface area contributed by atoms with Crippen LogP contribution in [-0.4, -0.2) is 52.0 Å². The molecule has 0 spiro atoms. The number of fused-ring (bicyclic) bond motifs is 5. The van der Waals surface area contributed by atoms with Crippen molar-refractivity contribution in [3.05, 3.63) is 34.4 Å². The summed E-state index contributed by atoms with van der Waals surface area (Å²) in [6.07, 6.45) is 11.0. The van der Waals surface area contributed by atoms with E-state index in [4.69, 9.17) is 4.42 Å². The summed E-state index contributed by atoms with van der Waals surface area (Å²) < 4.78 is 5.21. The van der Waals surface area contributed by atoms with Gasteiger partial charge in [0.25, 0.3) is 0 Å². The number of hydrogen-bond acceptors (Lipinski definition) is 5. The minimum atomic E-state index is -0.688. The van der Waals surface area contributed by atoms with Crippen LogP contribution < -0.4 is 10.9 Å². The Morgan fingerprint density at radius 1 is 1.06 bits per heavy atom. The molecule has 5 fully saturated rings. The molecule has 4 saturated carbocycles. The summed E-state index contributed by atoms with van der Waals surface area (Å²) in [7, 11) is 0. The van der Waals surface area contributed by atoms with Gasteiger partial charge in [-0.1, -0.05) is 13.8 Å². The quantitative estimate of drug-likeness (QED) is 0.571. The highest BCUT2D eigenvalue weighted by atomic mass is 16.4. The largest absolute Gasteiger partial charge is 0.431 e. The van der Waals surface area contributed by atoms with E-state index in [1.54, 1.807) is 11.2 Å². The Balaban J connectivity index is 1.17. The summed E-state index contributed by atoms with van der Waals surface area (Å²) in [6, 6.07) is 3.59. The molecule has 36 heavy (non-hydrogen) atoms. The number of carbonyl (C=O) groups excluding carboxylic acids is 1. The Bertz CT molecular complexity index is 1050. The number of nitrogens with zero attached hydrogens (tertiary/aromatic N) is 1. The van der Waals surface area contributed by atoms with Crippen LogP contribution in [0.3, 0.4) is 0 Å². The average Bonchev–Trinajstić information content (AvgIpc) is 3.41.